The van der Waals surface area contributed by atoms with Crippen molar-refractivity contribution in [3.05, 3.63) is 0 Å². The van der Waals surface area contributed by atoms with Crippen molar-refractivity contribution in [2.45, 2.75) is 18.9 Å². The number of piperidine rings is 1. The Hall–Kier alpha value is -0.810. The number of ether oxygens (including phenoxy) is 2. The Morgan fingerprint density at radius 2 is 2.25 bits per heavy atom. The molecule has 3 rings (SSSR count). The minimum atomic E-state index is -0.185. The third kappa shape index (κ3) is 2.65. The van der Waals surface area contributed by atoms with Crippen LogP contribution in [0.5, 0.6) is 0 Å². The summed E-state index contributed by atoms with van der Waals surface area (Å²) in [6.45, 7) is 3.57. The molecule has 3 fully saturated rings. The summed E-state index contributed by atoms with van der Waals surface area (Å²) in [6.07, 6.45) is 2.13. The van der Waals surface area contributed by atoms with Crippen LogP contribution in [-0.4, -0.2) is 57.0 Å². The molecular weight excluding hydrogens is 208 g/mol. The Morgan fingerprint density at radius 1 is 1.38 bits per heavy atom. The summed E-state index contributed by atoms with van der Waals surface area (Å²) in [5.41, 5.74) is 0. The molecular formula is C11H20N2O3. The molecule has 3 heterocycles. The van der Waals surface area contributed by atoms with Crippen molar-refractivity contribution in [1.82, 2.24) is 10.2 Å². The molecule has 1 amide bonds. The molecule has 1 N–H and O–H groups in total. The maximum atomic E-state index is 11.8. The van der Waals surface area contributed by atoms with Gasteiger partial charge in [0.05, 0.1) is 6.61 Å². The highest BCUT2D eigenvalue weighted by molar-refractivity contribution is 5.68. The van der Waals surface area contributed by atoms with Crippen LogP contribution in [0.3, 0.4) is 0 Å². The molecule has 3 aliphatic heterocycles. The van der Waals surface area contributed by atoms with Gasteiger partial charge >= 0.3 is 6.09 Å². The summed E-state index contributed by atoms with van der Waals surface area (Å²) in [5, 5.41) is 3.39. The highest BCUT2D eigenvalue weighted by Gasteiger charge is 2.34. The van der Waals surface area contributed by atoms with E-state index in [0.717, 1.165) is 26.1 Å². The van der Waals surface area contributed by atoms with Crippen molar-refractivity contribution in [3.8, 4) is 0 Å². The third-order valence-electron chi connectivity index (χ3n) is 3.36. The molecule has 3 aliphatic rings. The molecule has 92 valence electrons. The molecule has 0 saturated carbocycles. The minimum Gasteiger partial charge on any atom is -0.447 e. The van der Waals surface area contributed by atoms with Crippen LogP contribution in [-0.2, 0) is 9.47 Å². The standard InChI is InChI=1S/C11H20N2O3/c1-15-4-5-16-11(14)13-8-9-2-3-10(13)7-12-6-9/h9-10,12H,2-8H2,1H3. The highest BCUT2D eigenvalue weighted by atomic mass is 16.6. The zero-order chi connectivity index (χ0) is 11.4. The number of methoxy groups -OCH3 is 1. The number of nitrogens with one attached hydrogen (secondary N) is 1. The smallest absolute Gasteiger partial charge is 0.410 e. The van der Waals surface area contributed by atoms with E-state index in [-0.39, 0.29) is 6.09 Å². The van der Waals surface area contributed by atoms with Crippen LogP contribution >= 0.6 is 0 Å². The second-order valence-corrected chi connectivity index (χ2v) is 4.51. The van der Waals surface area contributed by atoms with Gasteiger partial charge in [-0.15, -0.1) is 0 Å². The van der Waals surface area contributed by atoms with E-state index in [1.807, 2.05) is 4.90 Å². The Balaban J connectivity index is 1.85. The SMILES string of the molecule is COCCOC(=O)N1CC2CCC1CNC2. The van der Waals surface area contributed by atoms with Crippen molar-refractivity contribution in [3.63, 3.8) is 0 Å². The van der Waals surface area contributed by atoms with Gasteiger partial charge in [0.2, 0.25) is 0 Å². The topological polar surface area (TPSA) is 50.8 Å². The summed E-state index contributed by atoms with van der Waals surface area (Å²) in [6, 6.07) is 0.314. The Morgan fingerprint density at radius 3 is 3.06 bits per heavy atom. The lowest BCUT2D eigenvalue weighted by Gasteiger charge is -2.35. The molecule has 5 nitrogen and oxygen atoms in total. The number of hydrogen-bond acceptors (Lipinski definition) is 4. The fourth-order valence-electron chi connectivity index (χ4n) is 2.45. The average molecular weight is 228 g/mol. The summed E-state index contributed by atoms with van der Waals surface area (Å²) < 4.78 is 10.0. The molecule has 0 radical (unpaired) electrons. The first kappa shape index (κ1) is 11.7. The highest BCUT2D eigenvalue weighted by Crippen LogP contribution is 2.24. The largest absolute Gasteiger partial charge is 0.447 e. The fraction of sp³-hybridized carbons (Fsp3) is 0.909. The maximum absolute atomic E-state index is 11.8. The molecule has 16 heavy (non-hydrogen) atoms. The van der Waals surface area contributed by atoms with Crippen LogP contribution in [0.4, 0.5) is 4.79 Å². The molecule has 0 aromatic heterocycles. The molecule has 2 bridgehead atoms. The number of hydrogen-bond donors (Lipinski definition) is 1. The number of rotatable bonds is 3. The Labute approximate surface area is 96.1 Å². The molecule has 0 aliphatic carbocycles. The van der Waals surface area contributed by atoms with Gasteiger partial charge in [0.25, 0.3) is 0 Å². The molecule has 2 unspecified atom stereocenters. The van der Waals surface area contributed by atoms with Gasteiger partial charge in [0.1, 0.15) is 6.61 Å². The lowest BCUT2D eigenvalue weighted by molar-refractivity contribution is 0.0497. The lowest BCUT2D eigenvalue weighted by Crippen LogP contribution is -2.47. The fourth-order valence-corrected chi connectivity index (χ4v) is 2.45. The van der Waals surface area contributed by atoms with Crippen LogP contribution in [0.15, 0.2) is 0 Å². The third-order valence-corrected chi connectivity index (χ3v) is 3.36. The van der Waals surface area contributed by atoms with Crippen molar-refractivity contribution >= 4 is 6.09 Å². The van der Waals surface area contributed by atoms with E-state index in [2.05, 4.69) is 5.32 Å². The lowest BCUT2D eigenvalue weighted by atomic mass is 9.95. The van der Waals surface area contributed by atoms with E-state index in [1.165, 1.54) is 6.42 Å². The van der Waals surface area contributed by atoms with Gasteiger partial charge in [-0.2, -0.15) is 0 Å². The molecule has 3 saturated heterocycles. The predicted octanol–water partition coefficient (Wildman–Crippen LogP) is 0.453. The van der Waals surface area contributed by atoms with E-state index in [9.17, 15) is 4.79 Å². The summed E-state index contributed by atoms with van der Waals surface area (Å²) in [5.74, 6) is 0.591. The zero-order valence-electron chi connectivity index (χ0n) is 9.78. The van der Waals surface area contributed by atoms with Gasteiger partial charge < -0.3 is 19.7 Å². The van der Waals surface area contributed by atoms with Crippen molar-refractivity contribution in [2.75, 3.05) is 40.0 Å². The van der Waals surface area contributed by atoms with Gasteiger partial charge in [0.15, 0.2) is 0 Å². The molecule has 0 aromatic carbocycles. The maximum Gasteiger partial charge on any atom is 0.410 e. The van der Waals surface area contributed by atoms with Gasteiger partial charge in [0, 0.05) is 26.2 Å². The van der Waals surface area contributed by atoms with E-state index >= 15 is 0 Å². The quantitative estimate of drug-likeness (QED) is 0.713. The molecule has 0 spiro atoms. The minimum absolute atomic E-state index is 0.185. The Bertz CT molecular complexity index is 243. The van der Waals surface area contributed by atoms with Crippen molar-refractivity contribution in [2.24, 2.45) is 5.92 Å². The molecule has 2 atom stereocenters. The van der Waals surface area contributed by atoms with Gasteiger partial charge in [-0.25, -0.2) is 4.79 Å². The van der Waals surface area contributed by atoms with Crippen molar-refractivity contribution < 1.29 is 14.3 Å². The van der Waals surface area contributed by atoms with Crippen molar-refractivity contribution in [1.29, 1.82) is 0 Å². The monoisotopic (exact) mass is 228 g/mol. The molecule has 0 aromatic rings. The van der Waals surface area contributed by atoms with Gasteiger partial charge in [-0.1, -0.05) is 0 Å². The number of nitrogens with zero attached hydrogens (tertiary/aromatic N) is 1. The molecule has 5 heteroatoms. The summed E-state index contributed by atoms with van der Waals surface area (Å²) >= 11 is 0. The van der Waals surface area contributed by atoms with E-state index in [1.54, 1.807) is 7.11 Å². The van der Waals surface area contributed by atoms with Crippen LogP contribution < -0.4 is 5.32 Å². The summed E-state index contributed by atoms with van der Waals surface area (Å²) in [7, 11) is 1.60. The first-order chi connectivity index (χ1) is 7.81. The second-order valence-electron chi connectivity index (χ2n) is 4.51. The Kier molecular flexibility index (Phi) is 4.01. The van der Waals surface area contributed by atoms with E-state index in [0.29, 0.717) is 25.2 Å². The zero-order valence-corrected chi connectivity index (χ0v) is 9.78. The number of amides is 1. The van der Waals surface area contributed by atoms with E-state index in [4.69, 9.17) is 9.47 Å². The second kappa shape index (κ2) is 5.50. The number of carbonyl (C=O) groups excluding carboxylic acids is 1. The van der Waals surface area contributed by atoms with Gasteiger partial charge in [-0.05, 0) is 25.3 Å². The van der Waals surface area contributed by atoms with Crippen LogP contribution in [0.2, 0.25) is 0 Å². The first-order valence-corrected chi connectivity index (χ1v) is 5.94. The van der Waals surface area contributed by atoms with E-state index < -0.39 is 0 Å². The van der Waals surface area contributed by atoms with Crippen LogP contribution in [0.25, 0.3) is 0 Å². The summed E-state index contributed by atoms with van der Waals surface area (Å²) in [4.78, 5) is 13.7. The number of carbonyl (C=O) groups is 1. The van der Waals surface area contributed by atoms with Gasteiger partial charge in [-0.3, -0.25) is 0 Å². The number of fused-ring (bicyclic) bond motifs is 4. The van der Waals surface area contributed by atoms with Crippen LogP contribution in [0, 0.1) is 5.92 Å². The predicted molar refractivity (Wildman–Crippen MR) is 59.3 cm³/mol. The average Bonchev–Trinajstić information content (AvgIpc) is 2.63. The normalized spacial score (nSPS) is 28.9. The van der Waals surface area contributed by atoms with Crippen LogP contribution in [0.1, 0.15) is 12.8 Å². The first-order valence-electron chi connectivity index (χ1n) is 5.94.